The van der Waals surface area contributed by atoms with Gasteiger partial charge in [0, 0.05) is 26.7 Å². The molecule has 0 unspecified atom stereocenters. The highest BCUT2D eigenvalue weighted by Gasteiger charge is 2.09. The highest BCUT2D eigenvalue weighted by Crippen LogP contribution is 2.06. The van der Waals surface area contributed by atoms with Crippen LogP contribution in [-0.4, -0.2) is 44.3 Å². The molecular weight excluding hydrogens is 182 g/mol. The number of likely N-dealkylation sites (N-methyl/N-ethyl adjacent to an activating group) is 1. The van der Waals surface area contributed by atoms with Gasteiger partial charge in [-0.3, -0.25) is 9.69 Å². The zero-order valence-corrected chi connectivity index (χ0v) is 8.82. The lowest BCUT2D eigenvalue weighted by molar-refractivity contribution is -0.140. The molecule has 1 heterocycles. The molecule has 1 rings (SSSR count). The molecular formula is C9H19N3O2. The Hall–Kier alpha value is -0.910. The first-order valence-corrected chi connectivity index (χ1v) is 4.50. The van der Waals surface area contributed by atoms with Crippen LogP contribution in [0.5, 0.6) is 0 Å². The predicted octanol–water partition coefficient (Wildman–Crippen LogP) is -0.717. The van der Waals surface area contributed by atoms with Crippen molar-refractivity contribution in [3.05, 3.63) is 11.6 Å². The standard InChI is InChI=1S/C8H13NO2.CH6N2/c1-7(10)11-6-8-3-4-9(2)5-8;2-1-3/h3H,4-6H2,1-2H3;1-3H2. The van der Waals surface area contributed by atoms with E-state index in [1.54, 1.807) is 0 Å². The summed E-state index contributed by atoms with van der Waals surface area (Å²) in [6.07, 6.45) is 2.10. The minimum atomic E-state index is -0.208. The molecule has 0 aromatic carbocycles. The number of nitrogens with two attached hydrogens (primary N) is 2. The van der Waals surface area contributed by atoms with Gasteiger partial charge in [-0.1, -0.05) is 6.08 Å². The predicted molar refractivity (Wildman–Crippen MR) is 55.5 cm³/mol. The number of hydrogen-bond acceptors (Lipinski definition) is 5. The summed E-state index contributed by atoms with van der Waals surface area (Å²) < 4.78 is 4.84. The van der Waals surface area contributed by atoms with Gasteiger partial charge < -0.3 is 16.2 Å². The Bertz CT molecular complexity index is 204. The maximum absolute atomic E-state index is 10.4. The Morgan fingerprint density at radius 1 is 1.64 bits per heavy atom. The largest absolute Gasteiger partial charge is 0.461 e. The lowest BCUT2D eigenvalue weighted by atomic mass is 10.3. The average molecular weight is 201 g/mol. The third-order valence-corrected chi connectivity index (χ3v) is 1.63. The average Bonchev–Trinajstić information content (AvgIpc) is 2.49. The van der Waals surface area contributed by atoms with Crippen molar-refractivity contribution in [2.24, 2.45) is 11.5 Å². The van der Waals surface area contributed by atoms with Gasteiger partial charge >= 0.3 is 5.97 Å². The van der Waals surface area contributed by atoms with Crippen molar-refractivity contribution < 1.29 is 9.53 Å². The van der Waals surface area contributed by atoms with Gasteiger partial charge in [-0.05, 0) is 12.6 Å². The van der Waals surface area contributed by atoms with Gasteiger partial charge in [-0.2, -0.15) is 0 Å². The van der Waals surface area contributed by atoms with E-state index in [0.717, 1.165) is 13.1 Å². The lowest BCUT2D eigenvalue weighted by Crippen LogP contribution is -2.15. The maximum Gasteiger partial charge on any atom is 0.302 e. The molecule has 1 aliphatic rings. The molecule has 82 valence electrons. The second kappa shape index (κ2) is 7.49. The quantitative estimate of drug-likeness (QED) is 0.350. The van der Waals surface area contributed by atoms with Crippen LogP contribution >= 0.6 is 0 Å². The van der Waals surface area contributed by atoms with Gasteiger partial charge in [0.15, 0.2) is 0 Å². The van der Waals surface area contributed by atoms with E-state index >= 15 is 0 Å². The summed E-state index contributed by atoms with van der Waals surface area (Å²) in [5.41, 5.74) is 10.4. The number of carbonyl (C=O) groups is 1. The number of rotatable bonds is 2. The minimum absolute atomic E-state index is 0.208. The summed E-state index contributed by atoms with van der Waals surface area (Å²) in [6.45, 7) is 4.03. The van der Waals surface area contributed by atoms with Crippen molar-refractivity contribution in [3.8, 4) is 0 Å². The number of carbonyl (C=O) groups excluding carboxylic acids is 1. The first kappa shape index (κ1) is 13.1. The van der Waals surface area contributed by atoms with Gasteiger partial charge in [0.25, 0.3) is 0 Å². The van der Waals surface area contributed by atoms with E-state index in [9.17, 15) is 4.79 Å². The third kappa shape index (κ3) is 6.59. The van der Waals surface area contributed by atoms with Gasteiger partial charge in [0.2, 0.25) is 0 Å². The van der Waals surface area contributed by atoms with E-state index < -0.39 is 0 Å². The topological polar surface area (TPSA) is 81.6 Å². The molecule has 5 heteroatoms. The van der Waals surface area contributed by atoms with E-state index in [1.807, 2.05) is 7.05 Å². The fourth-order valence-corrected chi connectivity index (χ4v) is 1.06. The van der Waals surface area contributed by atoms with E-state index in [4.69, 9.17) is 4.74 Å². The van der Waals surface area contributed by atoms with E-state index in [0.29, 0.717) is 6.61 Å². The van der Waals surface area contributed by atoms with Crippen LogP contribution in [-0.2, 0) is 9.53 Å². The van der Waals surface area contributed by atoms with Crippen LogP contribution in [0.25, 0.3) is 0 Å². The Morgan fingerprint density at radius 3 is 2.57 bits per heavy atom. The summed E-state index contributed by atoms with van der Waals surface area (Å²) in [6, 6.07) is 0. The summed E-state index contributed by atoms with van der Waals surface area (Å²) in [4.78, 5) is 12.6. The molecule has 0 saturated carbocycles. The summed E-state index contributed by atoms with van der Waals surface area (Å²) in [5.74, 6) is -0.208. The number of nitrogens with zero attached hydrogens (tertiary/aromatic N) is 1. The second-order valence-corrected chi connectivity index (χ2v) is 3.08. The van der Waals surface area contributed by atoms with Crippen molar-refractivity contribution >= 4 is 5.97 Å². The molecule has 0 aliphatic carbocycles. The normalized spacial score (nSPS) is 15.6. The summed E-state index contributed by atoms with van der Waals surface area (Å²) >= 11 is 0. The monoisotopic (exact) mass is 201 g/mol. The van der Waals surface area contributed by atoms with Gasteiger partial charge in [0.05, 0.1) is 0 Å². The van der Waals surface area contributed by atoms with Crippen LogP contribution in [0.15, 0.2) is 11.6 Å². The van der Waals surface area contributed by atoms with Crippen LogP contribution < -0.4 is 11.5 Å². The fraction of sp³-hybridized carbons (Fsp3) is 0.667. The summed E-state index contributed by atoms with van der Waals surface area (Å²) in [7, 11) is 2.04. The second-order valence-electron chi connectivity index (χ2n) is 3.08. The van der Waals surface area contributed by atoms with E-state index in [2.05, 4.69) is 22.4 Å². The Balaban J connectivity index is 0.000000500. The minimum Gasteiger partial charge on any atom is -0.461 e. The number of ether oxygens (including phenoxy) is 1. The molecule has 0 amide bonds. The summed E-state index contributed by atoms with van der Waals surface area (Å²) in [5, 5.41) is 0. The lowest BCUT2D eigenvalue weighted by Gasteiger charge is -2.07. The van der Waals surface area contributed by atoms with Crippen LogP contribution in [0.2, 0.25) is 0 Å². The van der Waals surface area contributed by atoms with Crippen molar-refractivity contribution in [2.45, 2.75) is 6.92 Å². The first-order valence-electron chi connectivity index (χ1n) is 4.50. The van der Waals surface area contributed by atoms with Crippen LogP contribution in [0, 0.1) is 0 Å². The van der Waals surface area contributed by atoms with Gasteiger partial charge in [-0.15, -0.1) is 0 Å². The van der Waals surface area contributed by atoms with Gasteiger partial charge in [-0.25, -0.2) is 0 Å². The van der Waals surface area contributed by atoms with Gasteiger partial charge in [0.1, 0.15) is 6.61 Å². The van der Waals surface area contributed by atoms with Crippen LogP contribution in [0.3, 0.4) is 0 Å². The molecule has 0 saturated heterocycles. The molecule has 0 fully saturated rings. The Labute approximate surface area is 84.7 Å². The van der Waals surface area contributed by atoms with Crippen molar-refractivity contribution in [1.82, 2.24) is 4.90 Å². The zero-order valence-electron chi connectivity index (χ0n) is 8.82. The van der Waals surface area contributed by atoms with Crippen molar-refractivity contribution in [3.63, 3.8) is 0 Å². The Morgan fingerprint density at radius 2 is 2.21 bits per heavy atom. The third-order valence-electron chi connectivity index (χ3n) is 1.63. The SMILES string of the molecule is CC(=O)OCC1=CCN(C)C1.NCN. The van der Waals surface area contributed by atoms with Crippen LogP contribution in [0.4, 0.5) is 0 Å². The number of esters is 1. The highest BCUT2D eigenvalue weighted by molar-refractivity contribution is 5.66. The molecule has 1 aliphatic heterocycles. The van der Waals surface area contributed by atoms with E-state index in [1.165, 1.54) is 12.5 Å². The molecule has 0 aromatic heterocycles. The maximum atomic E-state index is 10.4. The molecule has 14 heavy (non-hydrogen) atoms. The molecule has 5 nitrogen and oxygen atoms in total. The smallest absolute Gasteiger partial charge is 0.302 e. The fourth-order valence-electron chi connectivity index (χ4n) is 1.06. The van der Waals surface area contributed by atoms with Crippen LogP contribution in [0.1, 0.15) is 6.92 Å². The van der Waals surface area contributed by atoms with Crippen molar-refractivity contribution in [2.75, 3.05) is 33.4 Å². The zero-order chi connectivity index (χ0) is 11.0. The van der Waals surface area contributed by atoms with Crippen molar-refractivity contribution in [1.29, 1.82) is 0 Å². The molecule has 0 aromatic rings. The van der Waals surface area contributed by atoms with E-state index in [-0.39, 0.29) is 12.6 Å². The first-order chi connectivity index (χ1) is 6.60. The molecule has 0 bridgehead atoms. The molecule has 0 radical (unpaired) electrons. The number of hydrogen-bond donors (Lipinski definition) is 2. The molecule has 4 N–H and O–H groups in total. The Kier molecular flexibility index (Phi) is 7.00. The molecule has 0 atom stereocenters. The highest BCUT2D eigenvalue weighted by atomic mass is 16.5. The molecule has 0 spiro atoms.